The van der Waals surface area contributed by atoms with Crippen LogP contribution >= 0.6 is 0 Å². The molecule has 5 aromatic carbocycles. The first kappa shape index (κ1) is 18.3. The van der Waals surface area contributed by atoms with Crippen LogP contribution in [0.5, 0.6) is 0 Å². The maximum Gasteiger partial charge on any atom is 0.143 e. The molecule has 0 bridgehead atoms. The Kier molecular flexibility index (Phi) is 3.80. The maximum absolute atomic E-state index is 6.41. The summed E-state index contributed by atoms with van der Waals surface area (Å²) in [4.78, 5) is 0. The minimum absolute atomic E-state index is 0.886. The second-order valence-electron chi connectivity index (χ2n) is 8.64. The lowest BCUT2D eigenvalue weighted by molar-refractivity contribution is 0.669. The summed E-state index contributed by atoms with van der Waals surface area (Å²) in [5, 5.41) is 4.50. The van der Waals surface area contributed by atoms with E-state index in [2.05, 4.69) is 85.8 Å². The summed E-state index contributed by atoms with van der Waals surface area (Å²) in [5.41, 5.74) is 9.34. The fraction of sp³-hybridized carbons (Fsp3) is 0.0323. The van der Waals surface area contributed by atoms with Gasteiger partial charge >= 0.3 is 0 Å². The summed E-state index contributed by atoms with van der Waals surface area (Å²) in [7, 11) is 0. The average Bonchev–Trinajstić information content (AvgIpc) is 3.42. The Hall–Kier alpha value is -4.30. The summed E-state index contributed by atoms with van der Waals surface area (Å²) in [6, 6.07) is 36.0. The van der Waals surface area contributed by atoms with Gasteiger partial charge in [0.05, 0.1) is 0 Å². The smallest absolute Gasteiger partial charge is 0.143 e. The Morgan fingerprint density at radius 2 is 1.18 bits per heavy atom. The predicted octanol–water partition coefficient (Wildman–Crippen LogP) is 9.13. The highest BCUT2D eigenvalue weighted by atomic mass is 16.3. The molecule has 0 aliphatic heterocycles. The third-order valence-corrected chi connectivity index (χ3v) is 6.56. The van der Waals surface area contributed by atoms with E-state index in [1.807, 2.05) is 24.3 Å². The molecule has 0 N–H and O–H groups in total. The Morgan fingerprint density at radius 1 is 0.485 bits per heavy atom. The highest BCUT2D eigenvalue weighted by molar-refractivity contribution is 6.18. The van der Waals surface area contributed by atoms with Crippen molar-refractivity contribution in [3.63, 3.8) is 0 Å². The van der Waals surface area contributed by atoms with Gasteiger partial charge in [-0.15, -0.1) is 0 Å². The highest BCUT2D eigenvalue weighted by Gasteiger charge is 2.19. The Labute approximate surface area is 190 Å². The van der Waals surface area contributed by atoms with Gasteiger partial charge in [0.15, 0.2) is 0 Å². The zero-order chi connectivity index (χ0) is 21.9. The quantitative estimate of drug-likeness (QED) is 0.276. The molecule has 0 saturated carbocycles. The molecule has 33 heavy (non-hydrogen) atoms. The molecule has 2 heteroatoms. The molecule has 0 saturated heterocycles. The van der Waals surface area contributed by atoms with E-state index >= 15 is 0 Å². The second-order valence-corrected chi connectivity index (χ2v) is 8.64. The van der Waals surface area contributed by atoms with Crippen LogP contribution in [0.15, 0.2) is 112 Å². The second kappa shape index (κ2) is 6.85. The van der Waals surface area contributed by atoms with Crippen LogP contribution in [0.1, 0.15) is 5.56 Å². The lowest BCUT2D eigenvalue weighted by atomic mass is 9.93. The number of hydrogen-bond donors (Lipinski definition) is 0. The molecule has 2 aromatic heterocycles. The summed E-state index contributed by atoms with van der Waals surface area (Å²) in [5.74, 6) is 0. The standard InChI is InChI=1S/C31H20O2/c1-19-13-15-20(16-14-19)21-17-26(30-25-8-3-5-12-28(25)32-29(30)18-21)24-10-6-9-23-22-7-2-4-11-27(22)33-31(23)24/h2-18H,1H3. The fourth-order valence-corrected chi connectivity index (χ4v) is 4.94. The maximum atomic E-state index is 6.41. The topological polar surface area (TPSA) is 26.3 Å². The summed E-state index contributed by atoms with van der Waals surface area (Å²) in [6.45, 7) is 2.11. The largest absolute Gasteiger partial charge is 0.456 e. The van der Waals surface area contributed by atoms with Gasteiger partial charge in [0, 0.05) is 27.1 Å². The lowest BCUT2D eigenvalue weighted by Crippen LogP contribution is -1.85. The summed E-state index contributed by atoms with van der Waals surface area (Å²) < 4.78 is 12.7. The monoisotopic (exact) mass is 424 g/mol. The molecule has 0 atom stereocenters. The number of rotatable bonds is 2. The molecular formula is C31H20O2. The van der Waals surface area contributed by atoms with Crippen LogP contribution in [0, 0.1) is 6.92 Å². The van der Waals surface area contributed by atoms with Crippen LogP contribution in [-0.4, -0.2) is 0 Å². The van der Waals surface area contributed by atoms with E-state index in [1.54, 1.807) is 0 Å². The van der Waals surface area contributed by atoms with Crippen molar-refractivity contribution in [3.05, 3.63) is 109 Å². The Morgan fingerprint density at radius 3 is 2.00 bits per heavy atom. The zero-order valence-corrected chi connectivity index (χ0v) is 18.1. The first-order chi connectivity index (χ1) is 16.3. The molecule has 0 spiro atoms. The molecule has 2 heterocycles. The van der Waals surface area contributed by atoms with Gasteiger partial charge in [-0.2, -0.15) is 0 Å². The van der Waals surface area contributed by atoms with Crippen molar-refractivity contribution >= 4 is 43.9 Å². The number of hydrogen-bond acceptors (Lipinski definition) is 2. The molecular weight excluding hydrogens is 404 g/mol. The number of benzene rings is 5. The van der Waals surface area contributed by atoms with Crippen LogP contribution < -0.4 is 0 Å². The van der Waals surface area contributed by atoms with Crippen molar-refractivity contribution < 1.29 is 8.83 Å². The molecule has 0 amide bonds. The van der Waals surface area contributed by atoms with E-state index in [1.165, 1.54) is 11.1 Å². The Bertz CT molecular complexity index is 1810. The molecule has 2 nitrogen and oxygen atoms in total. The van der Waals surface area contributed by atoms with Gasteiger partial charge in [0.25, 0.3) is 0 Å². The van der Waals surface area contributed by atoms with E-state index < -0.39 is 0 Å². The SMILES string of the molecule is Cc1ccc(-c2cc(-c3cccc4c3oc3ccccc34)c3c(c2)oc2ccccc23)cc1. The molecule has 7 rings (SSSR count). The van der Waals surface area contributed by atoms with Crippen molar-refractivity contribution in [3.8, 4) is 22.3 Å². The highest BCUT2D eigenvalue weighted by Crippen LogP contribution is 2.43. The molecule has 0 aliphatic carbocycles. The third kappa shape index (κ3) is 2.74. The van der Waals surface area contributed by atoms with Crippen LogP contribution in [-0.2, 0) is 0 Å². The summed E-state index contributed by atoms with van der Waals surface area (Å²) in [6.07, 6.45) is 0. The van der Waals surface area contributed by atoms with Crippen molar-refractivity contribution in [2.24, 2.45) is 0 Å². The van der Waals surface area contributed by atoms with Crippen molar-refractivity contribution in [1.29, 1.82) is 0 Å². The number of furan rings is 2. The Balaban J connectivity index is 1.62. The predicted molar refractivity (Wildman–Crippen MR) is 137 cm³/mol. The van der Waals surface area contributed by atoms with E-state index in [0.29, 0.717) is 0 Å². The van der Waals surface area contributed by atoms with Crippen LogP contribution in [0.25, 0.3) is 66.1 Å². The molecule has 0 aliphatic rings. The van der Waals surface area contributed by atoms with Crippen LogP contribution in [0.4, 0.5) is 0 Å². The molecule has 7 aromatic rings. The van der Waals surface area contributed by atoms with Gasteiger partial charge in [-0.25, -0.2) is 0 Å². The van der Waals surface area contributed by atoms with E-state index in [-0.39, 0.29) is 0 Å². The van der Waals surface area contributed by atoms with Gasteiger partial charge in [0.2, 0.25) is 0 Å². The van der Waals surface area contributed by atoms with Crippen molar-refractivity contribution in [1.82, 2.24) is 0 Å². The van der Waals surface area contributed by atoms with Gasteiger partial charge < -0.3 is 8.83 Å². The number of para-hydroxylation sites is 3. The zero-order valence-electron chi connectivity index (χ0n) is 18.1. The van der Waals surface area contributed by atoms with Gasteiger partial charge in [-0.05, 0) is 47.9 Å². The van der Waals surface area contributed by atoms with E-state index in [4.69, 9.17) is 8.83 Å². The van der Waals surface area contributed by atoms with Gasteiger partial charge in [0.1, 0.15) is 22.3 Å². The van der Waals surface area contributed by atoms with Crippen LogP contribution in [0.3, 0.4) is 0 Å². The van der Waals surface area contributed by atoms with Crippen molar-refractivity contribution in [2.45, 2.75) is 6.92 Å². The molecule has 0 radical (unpaired) electrons. The summed E-state index contributed by atoms with van der Waals surface area (Å²) >= 11 is 0. The lowest BCUT2D eigenvalue weighted by Gasteiger charge is -2.09. The van der Waals surface area contributed by atoms with Gasteiger partial charge in [-0.3, -0.25) is 0 Å². The average molecular weight is 424 g/mol. The van der Waals surface area contributed by atoms with E-state index in [0.717, 1.165) is 60.6 Å². The molecule has 156 valence electrons. The fourth-order valence-electron chi connectivity index (χ4n) is 4.94. The number of aryl methyl sites for hydroxylation is 1. The first-order valence-corrected chi connectivity index (χ1v) is 11.2. The normalized spacial score (nSPS) is 11.8. The van der Waals surface area contributed by atoms with E-state index in [9.17, 15) is 0 Å². The van der Waals surface area contributed by atoms with Crippen molar-refractivity contribution in [2.75, 3.05) is 0 Å². The first-order valence-electron chi connectivity index (χ1n) is 11.2. The number of fused-ring (bicyclic) bond motifs is 6. The van der Waals surface area contributed by atoms with Crippen LogP contribution in [0.2, 0.25) is 0 Å². The minimum Gasteiger partial charge on any atom is -0.456 e. The minimum atomic E-state index is 0.886. The third-order valence-electron chi connectivity index (χ3n) is 6.56. The van der Waals surface area contributed by atoms with Gasteiger partial charge in [-0.1, -0.05) is 84.4 Å². The molecule has 0 unspecified atom stereocenters. The molecule has 0 fully saturated rings.